The van der Waals surface area contributed by atoms with E-state index in [-0.39, 0.29) is 11.4 Å². The number of hydrogen-bond acceptors (Lipinski definition) is 4. The van der Waals surface area contributed by atoms with Crippen LogP contribution in [-0.4, -0.2) is 29.5 Å². The first-order valence-electron chi connectivity index (χ1n) is 6.95. The molecule has 2 aromatic heterocycles. The van der Waals surface area contributed by atoms with Gasteiger partial charge in [-0.2, -0.15) is 10.2 Å². The van der Waals surface area contributed by atoms with Crippen molar-refractivity contribution in [2.75, 3.05) is 0 Å². The van der Waals surface area contributed by atoms with Crippen molar-refractivity contribution in [1.82, 2.24) is 29.5 Å². The van der Waals surface area contributed by atoms with Gasteiger partial charge in [0.1, 0.15) is 11.6 Å². The number of aromatic amines is 2. The molecule has 0 fully saturated rings. The Morgan fingerprint density at radius 3 is 1.60 bits per heavy atom. The minimum atomic E-state index is -0.234. The highest BCUT2D eigenvalue weighted by atomic mass is 16.2. The van der Waals surface area contributed by atoms with Gasteiger partial charge in [-0.3, -0.25) is 9.13 Å². The van der Waals surface area contributed by atoms with E-state index in [9.17, 15) is 9.59 Å². The molecule has 2 heterocycles. The first kappa shape index (κ1) is 14.3. The fourth-order valence-corrected chi connectivity index (χ4v) is 2.19. The van der Waals surface area contributed by atoms with E-state index in [0.29, 0.717) is 13.1 Å². The van der Waals surface area contributed by atoms with E-state index in [1.54, 1.807) is 9.13 Å². The first-order chi connectivity index (χ1) is 9.67. The Labute approximate surface area is 115 Å². The summed E-state index contributed by atoms with van der Waals surface area (Å²) in [5, 5.41) is 12.9. The maximum atomic E-state index is 11.7. The van der Waals surface area contributed by atoms with Crippen molar-refractivity contribution >= 4 is 0 Å². The largest absolute Gasteiger partial charge is 0.343 e. The number of aromatic nitrogens is 6. The summed E-state index contributed by atoms with van der Waals surface area (Å²) >= 11 is 0. The maximum absolute atomic E-state index is 11.7. The van der Waals surface area contributed by atoms with Crippen LogP contribution < -0.4 is 11.4 Å². The van der Waals surface area contributed by atoms with Gasteiger partial charge in [0.05, 0.1) is 0 Å². The molecule has 0 unspecified atom stereocenters. The van der Waals surface area contributed by atoms with Crippen molar-refractivity contribution in [3.63, 3.8) is 0 Å². The molecule has 8 heteroatoms. The lowest BCUT2D eigenvalue weighted by molar-refractivity contribution is 0.520. The Balaban J connectivity index is 2.17. The highest BCUT2D eigenvalue weighted by Gasteiger charge is 2.11. The summed E-state index contributed by atoms with van der Waals surface area (Å²) in [6.07, 6.45) is 3.30. The molecular formula is C12H20N6O2. The van der Waals surface area contributed by atoms with E-state index in [1.165, 1.54) is 0 Å². The topological polar surface area (TPSA) is 101 Å². The number of rotatable bonds is 7. The SMILES string of the molecule is CCCc1n[nH]c(=O)n1CCn1c(CCC)n[nH]c1=O. The molecule has 0 aliphatic heterocycles. The van der Waals surface area contributed by atoms with Gasteiger partial charge in [0.2, 0.25) is 0 Å². The van der Waals surface area contributed by atoms with Gasteiger partial charge in [0, 0.05) is 25.9 Å². The molecule has 0 saturated carbocycles. The van der Waals surface area contributed by atoms with Gasteiger partial charge in [-0.25, -0.2) is 19.8 Å². The van der Waals surface area contributed by atoms with Gasteiger partial charge < -0.3 is 0 Å². The van der Waals surface area contributed by atoms with E-state index in [4.69, 9.17) is 0 Å². The third kappa shape index (κ3) is 2.89. The van der Waals surface area contributed by atoms with Gasteiger partial charge in [0.25, 0.3) is 0 Å². The number of hydrogen-bond donors (Lipinski definition) is 2. The average Bonchev–Trinajstić information content (AvgIpc) is 2.94. The number of H-pyrrole nitrogens is 2. The lowest BCUT2D eigenvalue weighted by Gasteiger charge is -2.07. The van der Waals surface area contributed by atoms with Gasteiger partial charge in [0.15, 0.2) is 0 Å². The predicted octanol–water partition coefficient (Wildman–Crippen LogP) is 0.0614. The van der Waals surface area contributed by atoms with Crippen molar-refractivity contribution in [3.8, 4) is 0 Å². The van der Waals surface area contributed by atoms with E-state index < -0.39 is 0 Å². The normalized spacial score (nSPS) is 11.1. The summed E-state index contributed by atoms with van der Waals surface area (Å²) in [6.45, 7) is 4.90. The smallest absolute Gasteiger partial charge is 0.277 e. The predicted molar refractivity (Wildman–Crippen MR) is 73.7 cm³/mol. The van der Waals surface area contributed by atoms with Crippen LogP contribution in [0.15, 0.2) is 9.59 Å². The minimum Gasteiger partial charge on any atom is -0.277 e. The molecule has 0 saturated heterocycles. The van der Waals surface area contributed by atoms with Crippen LogP contribution in [0.25, 0.3) is 0 Å². The van der Waals surface area contributed by atoms with Gasteiger partial charge >= 0.3 is 11.4 Å². The summed E-state index contributed by atoms with van der Waals surface area (Å²) in [6, 6.07) is 0. The van der Waals surface area contributed by atoms with E-state index >= 15 is 0 Å². The third-order valence-corrected chi connectivity index (χ3v) is 3.17. The molecule has 0 amide bonds. The molecule has 2 aromatic rings. The van der Waals surface area contributed by atoms with Crippen LogP contribution in [-0.2, 0) is 25.9 Å². The summed E-state index contributed by atoms with van der Waals surface area (Å²) < 4.78 is 3.16. The van der Waals surface area contributed by atoms with Crippen molar-refractivity contribution in [2.24, 2.45) is 0 Å². The third-order valence-electron chi connectivity index (χ3n) is 3.17. The Morgan fingerprint density at radius 2 is 1.25 bits per heavy atom. The minimum absolute atomic E-state index is 0.234. The number of aryl methyl sites for hydroxylation is 2. The molecule has 110 valence electrons. The quantitative estimate of drug-likeness (QED) is 0.748. The van der Waals surface area contributed by atoms with Gasteiger partial charge in [-0.15, -0.1) is 0 Å². The Kier molecular flexibility index (Phi) is 4.54. The zero-order chi connectivity index (χ0) is 14.5. The van der Waals surface area contributed by atoms with Gasteiger partial charge in [-0.1, -0.05) is 13.8 Å². The molecule has 0 aromatic carbocycles. The van der Waals surface area contributed by atoms with E-state index in [2.05, 4.69) is 20.4 Å². The highest BCUT2D eigenvalue weighted by Crippen LogP contribution is 1.99. The van der Waals surface area contributed by atoms with Crippen LogP contribution in [0.2, 0.25) is 0 Å². The van der Waals surface area contributed by atoms with Crippen LogP contribution in [0.3, 0.4) is 0 Å². The molecular weight excluding hydrogens is 260 g/mol. The Hall–Kier alpha value is -2.12. The Morgan fingerprint density at radius 1 is 0.850 bits per heavy atom. The molecule has 0 radical (unpaired) electrons. The molecule has 0 atom stereocenters. The second-order valence-electron chi connectivity index (χ2n) is 4.69. The summed E-state index contributed by atoms with van der Waals surface area (Å²) in [7, 11) is 0. The summed E-state index contributed by atoms with van der Waals surface area (Å²) in [5.74, 6) is 1.46. The van der Waals surface area contributed by atoms with Crippen molar-refractivity contribution in [1.29, 1.82) is 0 Å². The van der Waals surface area contributed by atoms with Crippen LogP contribution in [0.1, 0.15) is 38.3 Å². The molecule has 0 bridgehead atoms. The number of nitrogens with one attached hydrogen (secondary N) is 2. The van der Waals surface area contributed by atoms with E-state index in [1.807, 2.05) is 13.8 Å². The second kappa shape index (κ2) is 6.36. The van der Waals surface area contributed by atoms with Crippen LogP contribution in [0.4, 0.5) is 0 Å². The highest BCUT2D eigenvalue weighted by molar-refractivity contribution is 4.89. The van der Waals surface area contributed by atoms with Crippen molar-refractivity contribution < 1.29 is 0 Å². The summed E-state index contributed by atoms with van der Waals surface area (Å²) in [5.41, 5.74) is -0.468. The first-order valence-corrected chi connectivity index (χ1v) is 6.95. The van der Waals surface area contributed by atoms with Gasteiger partial charge in [-0.05, 0) is 12.8 Å². The lowest BCUT2D eigenvalue weighted by atomic mass is 10.3. The molecule has 2 N–H and O–H groups in total. The zero-order valence-corrected chi connectivity index (χ0v) is 11.8. The maximum Gasteiger partial charge on any atom is 0.343 e. The molecule has 0 spiro atoms. The monoisotopic (exact) mass is 280 g/mol. The van der Waals surface area contributed by atoms with E-state index in [0.717, 1.165) is 37.3 Å². The average molecular weight is 280 g/mol. The van der Waals surface area contributed by atoms with Crippen molar-refractivity contribution in [3.05, 3.63) is 32.6 Å². The molecule has 8 nitrogen and oxygen atoms in total. The standard InChI is InChI=1S/C12H20N6O2/c1-3-5-9-13-15-11(19)17(9)7-8-18-10(6-4-2)14-16-12(18)20/h3-8H2,1-2H3,(H,15,19)(H,16,20). The number of nitrogens with zero attached hydrogens (tertiary/aromatic N) is 4. The molecule has 0 aliphatic carbocycles. The second-order valence-corrected chi connectivity index (χ2v) is 4.69. The van der Waals surface area contributed by atoms with Crippen LogP contribution in [0, 0.1) is 0 Å². The van der Waals surface area contributed by atoms with Crippen molar-refractivity contribution in [2.45, 2.75) is 52.6 Å². The lowest BCUT2D eigenvalue weighted by Crippen LogP contribution is -2.26. The fraction of sp³-hybridized carbons (Fsp3) is 0.667. The molecule has 20 heavy (non-hydrogen) atoms. The zero-order valence-electron chi connectivity index (χ0n) is 11.8. The fourth-order valence-electron chi connectivity index (χ4n) is 2.19. The molecule has 2 rings (SSSR count). The van der Waals surface area contributed by atoms with Crippen LogP contribution >= 0.6 is 0 Å². The summed E-state index contributed by atoms with van der Waals surface area (Å²) in [4.78, 5) is 23.4. The molecule has 0 aliphatic rings. The van der Waals surface area contributed by atoms with Crippen LogP contribution in [0.5, 0.6) is 0 Å². The Bertz CT molecular complexity index is 604.